The summed E-state index contributed by atoms with van der Waals surface area (Å²) < 4.78 is 0. The Morgan fingerprint density at radius 3 is 2.12 bits per heavy atom. The van der Waals surface area contributed by atoms with Crippen molar-refractivity contribution in [3.8, 4) is 0 Å². The van der Waals surface area contributed by atoms with Crippen LogP contribution in [-0.4, -0.2) is 0 Å². The minimum atomic E-state index is 0.300. The standard InChI is InChI=1S/C14H22N2/c1-9-5-10(2)7-11(6-9)13(16-15)12-8-14(12,3)4/h5-7,12-13,16H,8,15H2,1-4H3. The first-order valence-corrected chi connectivity index (χ1v) is 5.98. The van der Waals surface area contributed by atoms with Gasteiger partial charge in [-0.2, -0.15) is 0 Å². The highest BCUT2D eigenvalue weighted by atomic mass is 15.2. The molecule has 0 heterocycles. The number of hydrogen-bond acceptors (Lipinski definition) is 2. The van der Waals surface area contributed by atoms with E-state index in [0.717, 1.165) is 0 Å². The van der Waals surface area contributed by atoms with Gasteiger partial charge in [-0.3, -0.25) is 11.3 Å². The lowest BCUT2D eigenvalue weighted by Crippen LogP contribution is -2.30. The van der Waals surface area contributed by atoms with Crippen LogP contribution < -0.4 is 11.3 Å². The van der Waals surface area contributed by atoms with Crippen molar-refractivity contribution in [1.29, 1.82) is 0 Å². The molecule has 2 nitrogen and oxygen atoms in total. The van der Waals surface area contributed by atoms with Gasteiger partial charge in [0.1, 0.15) is 0 Å². The minimum Gasteiger partial charge on any atom is -0.271 e. The molecular weight excluding hydrogens is 196 g/mol. The molecule has 0 amide bonds. The molecule has 1 aliphatic carbocycles. The maximum atomic E-state index is 5.72. The summed E-state index contributed by atoms with van der Waals surface area (Å²) in [5.74, 6) is 6.38. The van der Waals surface area contributed by atoms with Gasteiger partial charge in [-0.15, -0.1) is 0 Å². The second-order valence-corrected chi connectivity index (χ2v) is 5.86. The molecule has 1 saturated carbocycles. The zero-order valence-electron chi connectivity index (χ0n) is 10.7. The molecule has 2 rings (SSSR count). The average Bonchev–Trinajstić information content (AvgIpc) is 2.74. The van der Waals surface area contributed by atoms with E-state index in [9.17, 15) is 0 Å². The Kier molecular flexibility index (Phi) is 2.81. The van der Waals surface area contributed by atoms with Crippen molar-refractivity contribution in [1.82, 2.24) is 5.43 Å². The molecule has 0 spiro atoms. The molecule has 0 aromatic heterocycles. The molecule has 1 aromatic carbocycles. The zero-order valence-corrected chi connectivity index (χ0v) is 10.7. The van der Waals surface area contributed by atoms with E-state index >= 15 is 0 Å². The number of hydrogen-bond donors (Lipinski definition) is 2. The number of nitrogens with two attached hydrogens (primary N) is 1. The van der Waals surface area contributed by atoms with Crippen LogP contribution in [0, 0.1) is 25.2 Å². The molecule has 1 aromatic rings. The first kappa shape index (κ1) is 11.6. The molecule has 2 atom stereocenters. The fourth-order valence-electron chi connectivity index (χ4n) is 2.71. The lowest BCUT2D eigenvalue weighted by molar-refractivity contribution is 0.422. The summed E-state index contributed by atoms with van der Waals surface area (Å²) in [5, 5.41) is 0. The van der Waals surface area contributed by atoms with Crippen molar-refractivity contribution in [2.45, 2.75) is 40.2 Å². The van der Waals surface area contributed by atoms with E-state index in [2.05, 4.69) is 51.3 Å². The molecule has 1 fully saturated rings. The predicted octanol–water partition coefficient (Wildman–Crippen LogP) is 2.85. The van der Waals surface area contributed by atoms with E-state index in [1.165, 1.54) is 23.1 Å². The second kappa shape index (κ2) is 3.86. The summed E-state index contributed by atoms with van der Waals surface area (Å²) in [6.45, 7) is 8.90. The molecule has 16 heavy (non-hydrogen) atoms. The third-order valence-corrected chi connectivity index (χ3v) is 3.77. The van der Waals surface area contributed by atoms with Crippen LogP contribution in [0.1, 0.15) is 43.0 Å². The van der Waals surface area contributed by atoms with Crippen molar-refractivity contribution in [3.63, 3.8) is 0 Å². The van der Waals surface area contributed by atoms with E-state index in [4.69, 9.17) is 5.84 Å². The van der Waals surface area contributed by atoms with Gasteiger partial charge in [-0.05, 0) is 37.2 Å². The zero-order chi connectivity index (χ0) is 11.9. The van der Waals surface area contributed by atoms with E-state index in [-0.39, 0.29) is 0 Å². The normalized spacial score (nSPS) is 24.2. The van der Waals surface area contributed by atoms with Gasteiger partial charge in [0.2, 0.25) is 0 Å². The third-order valence-electron chi connectivity index (χ3n) is 3.77. The van der Waals surface area contributed by atoms with Gasteiger partial charge < -0.3 is 0 Å². The van der Waals surface area contributed by atoms with Crippen LogP contribution in [0.3, 0.4) is 0 Å². The molecule has 0 aliphatic heterocycles. The molecular formula is C14H22N2. The lowest BCUT2D eigenvalue weighted by atomic mass is 9.95. The van der Waals surface area contributed by atoms with Crippen LogP contribution >= 0.6 is 0 Å². The maximum absolute atomic E-state index is 5.72. The van der Waals surface area contributed by atoms with Gasteiger partial charge in [0, 0.05) is 6.04 Å². The highest BCUT2D eigenvalue weighted by Crippen LogP contribution is 2.57. The molecule has 2 unspecified atom stereocenters. The summed E-state index contributed by atoms with van der Waals surface area (Å²) in [5.41, 5.74) is 7.39. The molecule has 0 saturated heterocycles. The van der Waals surface area contributed by atoms with Crippen LogP contribution in [0.15, 0.2) is 18.2 Å². The van der Waals surface area contributed by atoms with Gasteiger partial charge in [-0.1, -0.05) is 43.2 Å². The summed E-state index contributed by atoms with van der Waals surface area (Å²) >= 11 is 0. The van der Waals surface area contributed by atoms with Crippen LogP contribution in [0.25, 0.3) is 0 Å². The minimum absolute atomic E-state index is 0.300. The lowest BCUT2D eigenvalue weighted by Gasteiger charge is -2.19. The first-order valence-electron chi connectivity index (χ1n) is 5.98. The number of rotatable bonds is 3. The number of hydrazine groups is 1. The predicted molar refractivity (Wildman–Crippen MR) is 67.9 cm³/mol. The van der Waals surface area contributed by atoms with Crippen LogP contribution in [-0.2, 0) is 0 Å². The summed E-state index contributed by atoms with van der Waals surface area (Å²) in [4.78, 5) is 0. The second-order valence-electron chi connectivity index (χ2n) is 5.86. The molecule has 0 bridgehead atoms. The summed E-state index contributed by atoms with van der Waals surface area (Å²) in [6.07, 6.45) is 1.26. The van der Waals surface area contributed by atoms with Crippen molar-refractivity contribution in [3.05, 3.63) is 34.9 Å². The number of nitrogens with one attached hydrogen (secondary N) is 1. The Morgan fingerprint density at radius 1 is 1.25 bits per heavy atom. The molecule has 2 heteroatoms. The Morgan fingerprint density at radius 2 is 1.75 bits per heavy atom. The van der Waals surface area contributed by atoms with Gasteiger partial charge in [0.15, 0.2) is 0 Å². The fourth-order valence-corrected chi connectivity index (χ4v) is 2.71. The average molecular weight is 218 g/mol. The van der Waals surface area contributed by atoms with Crippen LogP contribution in [0.5, 0.6) is 0 Å². The van der Waals surface area contributed by atoms with Crippen molar-refractivity contribution in [2.24, 2.45) is 17.2 Å². The van der Waals surface area contributed by atoms with Crippen molar-refractivity contribution < 1.29 is 0 Å². The van der Waals surface area contributed by atoms with E-state index < -0.39 is 0 Å². The van der Waals surface area contributed by atoms with Crippen LogP contribution in [0.2, 0.25) is 0 Å². The Labute approximate surface area is 98.2 Å². The molecule has 3 N–H and O–H groups in total. The van der Waals surface area contributed by atoms with E-state index in [1.807, 2.05) is 0 Å². The Hall–Kier alpha value is -0.860. The monoisotopic (exact) mass is 218 g/mol. The largest absolute Gasteiger partial charge is 0.271 e. The van der Waals surface area contributed by atoms with Crippen molar-refractivity contribution >= 4 is 0 Å². The number of aryl methyl sites for hydroxylation is 2. The number of benzene rings is 1. The van der Waals surface area contributed by atoms with Crippen molar-refractivity contribution in [2.75, 3.05) is 0 Å². The van der Waals surface area contributed by atoms with Crippen LogP contribution in [0.4, 0.5) is 0 Å². The summed E-state index contributed by atoms with van der Waals surface area (Å²) in [6, 6.07) is 6.99. The Bertz CT molecular complexity index is 375. The third kappa shape index (κ3) is 2.13. The SMILES string of the molecule is Cc1cc(C)cc(C(NN)C2CC2(C)C)c1. The topological polar surface area (TPSA) is 38.0 Å². The molecule has 1 aliphatic rings. The molecule has 88 valence electrons. The van der Waals surface area contributed by atoms with Gasteiger partial charge in [0.25, 0.3) is 0 Å². The van der Waals surface area contributed by atoms with Gasteiger partial charge in [-0.25, -0.2) is 0 Å². The molecule has 0 radical (unpaired) electrons. The van der Waals surface area contributed by atoms with Gasteiger partial charge in [0.05, 0.1) is 0 Å². The first-order chi connectivity index (χ1) is 7.44. The quantitative estimate of drug-likeness (QED) is 0.605. The smallest absolute Gasteiger partial charge is 0.0493 e. The van der Waals surface area contributed by atoms with E-state index in [1.54, 1.807) is 0 Å². The summed E-state index contributed by atoms with van der Waals surface area (Å²) in [7, 11) is 0. The fraction of sp³-hybridized carbons (Fsp3) is 0.571. The highest BCUT2D eigenvalue weighted by Gasteiger charge is 2.50. The maximum Gasteiger partial charge on any atom is 0.0493 e. The Balaban J connectivity index is 2.27. The van der Waals surface area contributed by atoms with E-state index in [0.29, 0.717) is 17.4 Å². The van der Waals surface area contributed by atoms with Gasteiger partial charge >= 0.3 is 0 Å². The highest BCUT2D eigenvalue weighted by molar-refractivity contribution is 5.32.